The van der Waals surface area contributed by atoms with Crippen molar-refractivity contribution in [2.75, 3.05) is 26.7 Å². The maximum atomic E-state index is 9.13. The summed E-state index contributed by atoms with van der Waals surface area (Å²) in [5.74, 6) is 0. The molecule has 15 heavy (non-hydrogen) atoms. The molecule has 1 aliphatic heterocycles. The summed E-state index contributed by atoms with van der Waals surface area (Å²) in [6, 6.07) is 0.698. The lowest BCUT2D eigenvalue weighted by molar-refractivity contribution is 0.180. The standard InChI is InChI=1S/C12H26N2O/c1-11(15)5-3-8-13-12-6-4-9-14(2)10-7-12/h11-13,15H,3-10H2,1-2H3. The first-order valence-corrected chi connectivity index (χ1v) is 6.28. The van der Waals surface area contributed by atoms with Crippen LogP contribution in [0.5, 0.6) is 0 Å². The van der Waals surface area contributed by atoms with Crippen molar-refractivity contribution in [2.45, 2.75) is 51.2 Å². The van der Waals surface area contributed by atoms with E-state index in [1.807, 2.05) is 6.92 Å². The minimum Gasteiger partial charge on any atom is -0.393 e. The summed E-state index contributed by atoms with van der Waals surface area (Å²) in [6.07, 6.45) is 5.74. The van der Waals surface area contributed by atoms with Crippen LogP contribution in [0.3, 0.4) is 0 Å². The third-order valence-corrected chi connectivity index (χ3v) is 3.18. The van der Waals surface area contributed by atoms with Crippen molar-refractivity contribution < 1.29 is 5.11 Å². The topological polar surface area (TPSA) is 35.5 Å². The predicted molar refractivity (Wildman–Crippen MR) is 64.1 cm³/mol. The smallest absolute Gasteiger partial charge is 0.0512 e. The summed E-state index contributed by atoms with van der Waals surface area (Å²) < 4.78 is 0. The average molecular weight is 214 g/mol. The first-order chi connectivity index (χ1) is 7.18. The highest BCUT2D eigenvalue weighted by atomic mass is 16.3. The van der Waals surface area contributed by atoms with Gasteiger partial charge >= 0.3 is 0 Å². The van der Waals surface area contributed by atoms with Crippen LogP contribution >= 0.6 is 0 Å². The largest absolute Gasteiger partial charge is 0.393 e. The van der Waals surface area contributed by atoms with E-state index in [9.17, 15) is 0 Å². The molecule has 2 N–H and O–H groups in total. The normalized spacial score (nSPS) is 26.2. The molecule has 3 heteroatoms. The molecule has 0 spiro atoms. The van der Waals surface area contributed by atoms with Crippen LogP contribution in [-0.2, 0) is 0 Å². The van der Waals surface area contributed by atoms with Gasteiger partial charge in [0.1, 0.15) is 0 Å². The van der Waals surface area contributed by atoms with E-state index in [0.29, 0.717) is 6.04 Å². The van der Waals surface area contributed by atoms with Gasteiger partial charge in [0.15, 0.2) is 0 Å². The third kappa shape index (κ3) is 6.13. The van der Waals surface area contributed by atoms with Gasteiger partial charge in [-0.3, -0.25) is 0 Å². The minimum atomic E-state index is -0.146. The molecular formula is C12H26N2O. The second-order valence-corrected chi connectivity index (χ2v) is 4.88. The van der Waals surface area contributed by atoms with E-state index in [-0.39, 0.29) is 6.10 Å². The molecule has 90 valence electrons. The number of aliphatic hydroxyl groups is 1. The fraction of sp³-hybridized carbons (Fsp3) is 1.00. The SMILES string of the molecule is CC(O)CCCNC1CCCN(C)CC1. The van der Waals surface area contributed by atoms with E-state index < -0.39 is 0 Å². The first kappa shape index (κ1) is 12.9. The molecule has 1 heterocycles. The molecule has 0 aromatic heterocycles. The van der Waals surface area contributed by atoms with Gasteiger partial charge in [-0.25, -0.2) is 0 Å². The van der Waals surface area contributed by atoms with Gasteiger partial charge in [0.25, 0.3) is 0 Å². The van der Waals surface area contributed by atoms with Crippen molar-refractivity contribution in [2.24, 2.45) is 0 Å². The predicted octanol–water partition coefficient (Wildman–Crippen LogP) is 1.22. The molecule has 2 unspecified atom stereocenters. The van der Waals surface area contributed by atoms with Crippen LogP contribution < -0.4 is 5.32 Å². The summed E-state index contributed by atoms with van der Waals surface area (Å²) in [5, 5.41) is 12.7. The highest BCUT2D eigenvalue weighted by Gasteiger charge is 2.13. The lowest BCUT2D eigenvalue weighted by atomic mass is 10.1. The molecule has 0 amide bonds. The van der Waals surface area contributed by atoms with Crippen LogP contribution in [0.1, 0.15) is 39.0 Å². The quantitative estimate of drug-likeness (QED) is 0.676. The second kappa shape index (κ2) is 7.20. The molecule has 0 radical (unpaired) electrons. The lowest BCUT2D eigenvalue weighted by Crippen LogP contribution is -2.31. The summed E-state index contributed by atoms with van der Waals surface area (Å²) in [7, 11) is 2.20. The minimum absolute atomic E-state index is 0.146. The Hall–Kier alpha value is -0.120. The number of hydrogen-bond acceptors (Lipinski definition) is 3. The van der Waals surface area contributed by atoms with E-state index in [1.54, 1.807) is 0 Å². The van der Waals surface area contributed by atoms with Crippen LogP contribution in [0.2, 0.25) is 0 Å². The molecule has 2 atom stereocenters. The van der Waals surface area contributed by atoms with E-state index in [0.717, 1.165) is 19.4 Å². The Morgan fingerprint density at radius 2 is 2.20 bits per heavy atom. The van der Waals surface area contributed by atoms with Gasteiger partial charge in [0, 0.05) is 6.04 Å². The first-order valence-electron chi connectivity index (χ1n) is 6.28. The van der Waals surface area contributed by atoms with Gasteiger partial charge < -0.3 is 15.3 Å². The van der Waals surface area contributed by atoms with Gasteiger partial charge in [-0.15, -0.1) is 0 Å². The third-order valence-electron chi connectivity index (χ3n) is 3.18. The summed E-state index contributed by atoms with van der Waals surface area (Å²) in [5.41, 5.74) is 0. The molecule has 0 aliphatic carbocycles. The van der Waals surface area contributed by atoms with Crippen LogP contribution in [0.25, 0.3) is 0 Å². The van der Waals surface area contributed by atoms with E-state index in [2.05, 4.69) is 17.3 Å². The Kier molecular flexibility index (Phi) is 6.22. The van der Waals surface area contributed by atoms with E-state index in [4.69, 9.17) is 5.11 Å². The Balaban J connectivity index is 2.05. The van der Waals surface area contributed by atoms with Gasteiger partial charge in [-0.2, -0.15) is 0 Å². The van der Waals surface area contributed by atoms with Crippen molar-refractivity contribution in [3.05, 3.63) is 0 Å². The summed E-state index contributed by atoms with van der Waals surface area (Å²) >= 11 is 0. The van der Waals surface area contributed by atoms with Gasteiger partial charge in [0.05, 0.1) is 6.10 Å². The van der Waals surface area contributed by atoms with Crippen LogP contribution in [0.15, 0.2) is 0 Å². The summed E-state index contributed by atoms with van der Waals surface area (Å²) in [4.78, 5) is 2.41. The molecule has 3 nitrogen and oxygen atoms in total. The molecule has 1 fully saturated rings. The zero-order chi connectivity index (χ0) is 11.1. The van der Waals surface area contributed by atoms with E-state index >= 15 is 0 Å². The maximum absolute atomic E-state index is 9.13. The molecule has 0 saturated carbocycles. The number of nitrogens with one attached hydrogen (secondary N) is 1. The Labute approximate surface area is 93.9 Å². The second-order valence-electron chi connectivity index (χ2n) is 4.88. The molecule has 1 aliphatic rings. The summed E-state index contributed by atoms with van der Waals surface area (Å²) in [6.45, 7) is 5.37. The van der Waals surface area contributed by atoms with Crippen molar-refractivity contribution in [1.82, 2.24) is 10.2 Å². The number of aliphatic hydroxyl groups excluding tert-OH is 1. The maximum Gasteiger partial charge on any atom is 0.0512 e. The number of rotatable bonds is 5. The van der Waals surface area contributed by atoms with Gasteiger partial charge in [-0.05, 0) is 65.7 Å². The Morgan fingerprint density at radius 1 is 1.40 bits per heavy atom. The van der Waals surface area contributed by atoms with Crippen molar-refractivity contribution in [1.29, 1.82) is 0 Å². The fourth-order valence-corrected chi connectivity index (χ4v) is 2.15. The average Bonchev–Trinajstić information content (AvgIpc) is 2.38. The van der Waals surface area contributed by atoms with Crippen molar-refractivity contribution in [3.8, 4) is 0 Å². The highest BCUT2D eigenvalue weighted by Crippen LogP contribution is 2.09. The fourth-order valence-electron chi connectivity index (χ4n) is 2.15. The number of hydrogen-bond donors (Lipinski definition) is 2. The molecular weight excluding hydrogens is 188 g/mol. The monoisotopic (exact) mass is 214 g/mol. The molecule has 0 aromatic carbocycles. The van der Waals surface area contributed by atoms with E-state index in [1.165, 1.54) is 32.4 Å². The highest BCUT2D eigenvalue weighted by molar-refractivity contribution is 4.73. The van der Waals surface area contributed by atoms with Crippen LogP contribution in [0, 0.1) is 0 Å². The Morgan fingerprint density at radius 3 is 2.93 bits per heavy atom. The van der Waals surface area contributed by atoms with Gasteiger partial charge in [0.2, 0.25) is 0 Å². The van der Waals surface area contributed by atoms with Crippen LogP contribution in [0.4, 0.5) is 0 Å². The Bertz CT molecular complexity index is 162. The molecule has 0 bridgehead atoms. The van der Waals surface area contributed by atoms with Crippen molar-refractivity contribution >= 4 is 0 Å². The zero-order valence-electron chi connectivity index (χ0n) is 10.2. The zero-order valence-corrected chi connectivity index (χ0v) is 10.2. The molecule has 1 saturated heterocycles. The van der Waals surface area contributed by atoms with Crippen molar-refractivity contribution in [3.63, 3.8) is 0 Å². The number of likely N-dealkylation sites (tertiary alicyclic amines) is 1. The van der Waals surface area contributed by atoms with Crippen LogP contribution in [-0.4, -0.2) is 48.8 Å². The number of nitrogens with zero attached hydrogens (tertiary/aromatic N) is 1. The molecule has 1 rings (SSSR count). The van der Waals surface area contributed by atoms with Gasteiger partial charge in [-0.1, -0.05) is 0 Å². The molecule has 0 aromatic rings. The lowest BCUT2D eigenvalue weighted by Gasteiger charge is -2.16.